The normalized spacial score (nSPS) is 11.7. The number of hydrogen-bond donors (Lipinski definition) is 6. The van der Waals surface area contributed by atoms with Crippen LogP contribution in [0.25, 0.3) is 0 Å². The average Bonchev–Trinajstić information content (AvgIpc) is 2.91. The number of rotatable bonds is 20. The van der Waals surface area contributed by atoms with Crippen molar-refractivity contribution >= 4 is 35.4 Å². The zero-order chi connectivity index (χ0) is 31.5. The predicted octanol–water partition coefficient (Wildman–Crippen LogP) is -1.13. The van der Waals surface area contributed by atoms with Gasteiger partial charge in [0.05, 0.1) is 31.7 Å². The summed E-state index contributed by atoms with van der Waals surface area (Å²) < 4.78 is 10.6. The zero-order valence-electron chi connectivity index (χ0n) is 24.7. The van der Waals surface area contributed by atoms with Gasteiger partial charge in [0.2, 0.25) is 35.4 Å². The largest absolute Gasteiger partial charge is 0.375 e. The lowest BCUT2D eigenvalue weighted by atomic mass is 10.0. The smallest absolute Gasteiger partial charge is 0.243 e. The quantitative estimate of drug-likeness (QED) is 0.0805. The molecule has 234 valence electrons. The van der Waals surface area contributed by atoms with E-state index in [9.17, 15) is 28.8 Å². The molecule has 0 aliphatic rings. The molecule has 1 aromatic carbocycles. The molecule has 0 saturated heterocycles. The van der Waals surface area contributed by atoms with E-state index in [2.05, 4.69) is 40.4 Å². The Morgan fingerprint density at radius 1 is 0.833 bits per heavy atom. The molecule has 6 amide bonds. The van der Waals surface area contributed by atoms with Gasteiger partial charge in [-0.05, 0) is 31.7 Å². The summed E-state index contributed by atoms with van der Waals surface area (Å²) in [6.45, 7) is 6.47. The number of carbonyl (C=O) groups is 6. The number of primary amides is 1. The highest BCUT2D eigenvalue weighted by molar-refractivity contribution is 5.92. The van der Waals surface area contributed by atoms with Gasteiger partial charge in [0.15, 0.2) is 0 Å². The Hall–Kier alpha value is -4.04. The van der Waals surface area contributed by atoms with Gasteiger partial charge in [-0.2, -0.15) is 0 Å². The van der Waals surface area contributed by atoms with Crippen molar-refractivity contribution in [3.05, 3.63) is 35.9 Å². The topological polar surface area (TPSA) is 207 Å². The van der Waals surface area contributed by atoms with Crippen LogP contribution in [0.5, 0.6) is 0 Å². The summed E-state index contributed by atoms with van der Waals surface area (Å²) in [7, 11) is 0. The molecule has 1 aromatic rings. The van der Waals surface area contributed by atoms with Gasteiger partial charge in [0, 0.05) is 13.0 Å². The summed E-state index contributed by atoms with van der Waals surface area (Å²) in [5.41, 5.74) is 5.00. The van der Waals surface area contributed by atoms with Crippen molar-refractivity contribution in [3.8, 4) is 0 Å². The summed E-state index contributed by atoms with van der Waals surface area (Å²) in [6, 6.07) is 7.86. The van der Waals surface area contributed by atoms with Crippen LogP contribution in [0.2, 0.25) is 0 Å². The van der Waals surface area contributed by atoms with Crippen molar-refractivity contribution in [2.45, 2.75) is 58.6 Å². The van der Waals surface area contributed by atoms with Crippen LogP contribution in [0, 0.1) is 5.92 Å². The Kier molecular flexibility index (Phi) is 16.4. The molecule has 1 atom stereocenters. The van der Waals surface area contributed by atoms with Crippen molar-refractivity contribution < 1.29 is 38.2 Å². The fraction of sp³-hybridized carbons (Fsp3) is 0.571. The number of amides is 6. The Labute approximate surface area is 246 Å². The lowest BCUT2D eigenvalue weighted by Gasteiger charge is -2.25. The van der Waals surface area contributed by atoms with E-state index in [0.717, 1.165) is 12.0 Å². The lowest BCUT2D eigenvalue weighted by Crippen LogP contribution is -2.52. The number of ether oxygens (including phenoxy) is 2. The van der Waals surface area contributed by atoms with Crippen molar-refractivity contribution in [1.82, 2.24) is 26.6 Å². The maximum Gasteiger partial charge on any atom is 0.243 e. The van der Waals surface area contributed by atoms with E-state index in [-0.39, 0.29) is 38.6 Å². The fourth-order valence-electron chi connectivity index (χ4n) is 3.43. The molecule has 0 unspecified atom stereocenters. The first-order valence-corrected chi connectivity index (χ1v) is 13.7. The summed E-state index contributed by atoms with van der Waals surface area (Å²) >= 11 is 0. The molecule has 0 aliphatic heterocycles. The van der Waals surface area contributed by atoms with E-state index in [4.69, 9.17) is 15.2 Å². The first-order valence-electron chi connectivity index (χ1n) is 13.7. The van der Waals surface area contributed by atoms with Crippen molar-refractivity contribution in [2.24, 2.45) is 11.7 Å². The fourth-order valence-corrected chi connectivity index (χ4v) is 3.43. The molecule has 7 N–H and O–H groups in total. The summed E-state index contributed by atoms with van der Waals surface area (Å²) in [4.78, 5) is 72.4. The van der Waals surface area contributed by atoms with Gasteiger partial charge in [-0.15, -0.1) is 0 Å². The molecular formula is C28H44N6O8. The second-order valence-electron chi connectivity index (χ2n) is 10.6. The van der Waals surface area contributed by atoms with Gasteiger partial charge in [-0.3, -0.25) is 28.8 Å². The van der Waals surface area contributed by atoms with Crippen LogP contribution in [0.15, 0.2) is 30.3 Å². The standard InChI is InChI=1S/C28H44N6O8/c1-19(2)10-11-42-28(3,4)13-23(36)30-14-24(37)31-16-26(39)34-21(12-20-8-6-5-7-9-20)27(40)32-15-25(38)33-18-41-17-22(29)35/h5-9,19,21H,10-18H2,1-4H3,(H2,29,35)(H,30,36)(H,31,37)(H,32,40)(H,33,38)(H,34,39)/t21-/m0/s1. The summed E-state index contributed by atoms with van der Waals surface area (Å²) in [5.74, 6) is -3.03. The summed E-state index contributed by atoms with van der Waals surface area (Å²) in [6.07, 6.45) is 1.06. The van der Waals surface area contributed by atoms with Crippen LogP contribution in [-0.2, 0) is 44.7 Å². The molecule has 14 nitrogen and oxygen atoms in total. The first-order chi connectivity index (χ1) is 19.8. The van der Waals surface area contributed by atoms with Gasteiger partial charge in [-0.25, -0.2) is 0 Å². The van der Waals surface area contributed by atoms with Crippen LogP contribution < -0.4 is 32.3 Å². The number of hydrogen-bond acceptors (Lipinski definition) is 8. The molecule has 0 aliphatic carbocycles. The van der Waals surface area contributed by atoms with Gasteiger partial charge in [0.1, 0.15) is 19.4 Å². The van der Waals surface area contributed by atoms with E-state index < -0.39 is 54.3 Å². The molecular weight excluding hydrogens is 548 g/mol. The SMILES string of the molecule is CC(C)CCOC(C)(C)CC(=O)NCC(=O)NCC(=O)N[C@@H](Cc1ccccc1)C(=O)NCC(=O)NCOCC(N)=O. The number of benzene rings is 1. The second kappa shape index (κ2) is 19.1. The van der Waals surface area contributed by atoms with Crippen LogP contribution in [0.4, 0.5) is 0 Å². The molecule has 0 spiro atoms. The molecule has 0 fully saturated rings. The molecule has 14 heteroatoms. The maximum atomic E-state index is 12.8. The van der Waals surface area contributed by atoms with Gasteiger partial charge >= 0.3 is 0 Å². The van der Waals surface area contributed by atoms with Crippen LogP contribution in [-0.4, -0.2) is 86.7 Å². The van der Waals surface area contributed by atoms with Crippen LogP contribution >= 0.6 is 0 Å². The highest BCUT2D eigenvalue weighted by Crippen LogP contribution is 2.15. The van der Waals surface area contributed by atoms with E-state index in [1.54, 1.807) is 44.2 Å². The van der Waals surface area contributed by atoms with E-state index >= 15 is 0 Å². The maximum absolute atomic E-state index is 12.8. The third-order valence-electron chi connectivity index (χ3n) is 5.64. The predicted molar refractivity (Wildman–Crippen MR) is 153 cm³/mol. The van der Waals surface area contributed by atoms with Gasteiger partial charge in [-0.1, -0.05) is 44.2 Å². The van der Waals surface area contributed by atoms with E-state index in [1.807, 2.05) is 0 Å². The minimum absolute atomic E-state index is 0.0631. The molecule has 0 heterocycles. The minimum Gasteiger partial charge on any atom is -0.375 e. The van der Waals surface area contributed by atoms with Crippen molar-refractivity contribution in [2.75, 3.05) is 39.6 Å². The highest BCUT2D eigenvalue weighted by atomic mass is 16.5. The molecule has 0 radical (unpaired) electrons. The third-order valence-corrected chi connectivity index (χ3v) is 5.64. The summed E-state index contributed by atoms with van der Waals surface area (Å²) in [5, 5.41) is 12.2. The number of nitrogens with two attached hydrogens (primary N) is 1. The third kappa shape index (κ3) is 17.6. The van der Waals surface area contributed by atoms with Crippen molar-refractivity contribution in [1.29, 1.82) is 0 Å². The molecule has 1 rings (SSSR count). The highest BCUT2D eigenvalue weighted by Gasteiger charge is 2.24. The van der Waals surface area contributed by atoms with Crippen LogP contribution in [0.3, 0.4) is 0 Å². The minimum atomic E-state index is -1.05. The Bertz CT molecular complexity index is 1050. The van der Waals surface area contributed by atoms with E-state index in [1.165, 1.54) is 0 Å². The Balaban J connectivity index is 2.53. The molecule has 0 bridgehead atoms. The van der Waals surface area contributed by atoms with Crippen LogP contribution in [0.1, 0.15) is 46.1 Å². The number of nitrogens with one attached hydrogen (secondary N) is 5. The van der Waals surface area contributed by atoms with E-state index in [0.29, 0.717) is 12.5 Å². The second-order valence-corrected chi connectivity index (χ2v) is 10.6. The average molecular weight is 593 g/mol. The monoisotopic (exact) mass is 592 g/mol. The molecule has 42 heavy (non-hydrogen) atoms. The lowest BCUT2D eigenvalue weighted by molar-refractivity contribution is -0.132. The van der Waals surface area contributed by atoms with Gasteiger partial charge < -0.3 is 41.8 Å². The first kappa shape index (κ1) is 36.0. The Morgan fingerprint density at radius 3 is 2.07 bits per heavy atom. The number of carbonyl (C=O) groups excluding carboxylic acids is 6. The van der Waals surface area contributed by atoms with Gasteiger partial charge in [0.25, 0.3) is 0 Å². The zero-order valence-corrected chi connectivity index (χ0v) is 24.7. The molecule has 0 aromatic heterocycles. The molecule has 0 saturated carbocycles. The Morgan fingerprint density at radius 2 is 1.43 bits per heavy atom. The van der Waals surface area contributed by atoms with Crippen molar-refractivity contribution in [3.63, 3.8) is 0 Å².